The number of nitrogens with two attached hydrogens (primary N) is 1. The number of benzene rings is 1. The quantitative estimate of drug-likeness (QED) is 0.865. The molecule has 3 N–H and O–H groups in total. The fraction of sp³-hybridized carbons (Fsp3) is 0.333. The molecule has 0 saturated heterocycles. The summed E-state index contributed by atoms with van der Waals surface area (Å²) in [6.45, 7) is 4.30. The number of amides is 1. The minimum absolute atomic E-state index is 0.122. The van der Waals surface area contributed by atoms with Gasteiger partial charge in [0.2, 0.25) is 5.91 Å². The molecule has 1 heterocycles. The van der Waals surface area contributed by atoms with E-state index in [1.807, 2.05) is 50.4 Å². The number of carbonyl (C=O) groups excluding carboxylic acids is 1. The molecular weight excluding hydrogens is 252 g/mol. The predicted molar refractivity (Wildman–Crippen MR) is 78.2 cm³/mol. The Bertz CT molecular complexity index is 563. The summed E-state index contributed by atoms with van der Waals surface area (Å²) in [5.41, 5.74) is 7.78. The highest BCUT2D eigenvalue weighted by atomic mass is 16.2. The summed E-state index contributed by atoms with van der Waals surface area (Å²) in [5.74, 6) is -0.00775. The molecule has 0 radical (unpaired) electrons. The molecule has 0 fully saturated rings. The average Bonchev–Trinajstić information content (AvgIpc) is 2.98. The van der Waals surface area contributed by atoms with Gasteiger partial charge in [-0.25, -0.2) is 4.68 Å². The largest absolute Gasteiger partial charge is 0.351 e. The Kier molecular flexibility index (Phi) is 4.53. The van der Waals surface area contributed by atoms with E-state index in [2.05, 4.69) is 10.4 Å². The molecule has 5 heteroatoms. The third-order valence-electron chi connectivity index (χ3n) is 3.22. The number of nitrogens with one attached hydrogen (secondary N) is 1. The van der Waals surface area contributed by atoms with Gasteiger partial charge in [-0.15, -0.1) is 0 Å². The lowest BCUT2D eigenvalue weighted by Crippen LogP contribution is -2.43. The van der Waals surface area contributed by atoms with Crippen LogP contribution < -0.4 is 11.1 Å². The van der Waals surface area contributed by atoms with Gasteiger partial charge in [-0.2, -0.15) is 5.10 Å². The predicted octanol–water partition coefficient (Wildman–Crippen LogP) is 1.47. The molecular formula is C15H20N4O. The van der Waals surface area contributed by atoms with Crippen molar-refractivity contribution in [1.82, 2.24) is 15.1 Å². The molecule has 1 atom stereocenters. The number of nitrogens with zero attached hydrogens (tertiary/aromatic N) is 2. The van der Waals surface area contributed by atoms with Crippen LogP contribution in [0.4, 0.5) is 0 Å². The zero-order valence-corrected chi connectivity index (χ0v) is 11.8. The first kappa shape index (κ1) is 14.3. The SMILES string of the molecule is CC(C)[C@@H](N)C(=O)NCc1ccccc1-n1cccn1. The Hall–Kier alpha value is -2.14. The minimum atomic E-state index is -0.480. The molecule has 0 spiro atoms. The maximum atomic E-state index is 11.9. The highest BCUT2D eigenvalue weighted by Gasteiger charge is 2.17. The first-order chi connectivity index (χ1) is 9.59. The van der Waals surface area contributed by atoms with E-state index >= 15 is 0 Å². The van der Waals surface area contributed by atoms with Crippen LogP contribution in [0.5, 0.6) is 0 Å². The molecule has 0 aliphatic heterocycles. The van der Waals surface area contributed by atoms with E-state index in [-0.39, 0.29) is 11.8 Å². The van der Waals surface area contributed by atoms with E-state index in [0.717, 1.165) is 11.3 Å². The number of carbonyl (C=O) groups is 1. The maximum Gasteiger partial charge on any atom is 0.237 e. The summed E-state index contributed by atoms with van der Waals surface area (Å²) in [6.07, 6.45) is 3.60. The minimum Gasteiger partial charge on any atom is -0.351 e. The van der Waals surface area contributed by atoms with Crippen molar-refractivity contribution in [3.8, 4) is 5.69 Å². The third-order valence-corrected chi connectivity index (χ3v) is 3.22. The van der Waals surface area contributed by atoms with Crippen molar-refractivity contribution in [3.63, 3.8) is 0 Å². The first-order valence-electron chi connectivity index (χ1n) is 6.71. The van der Waals surface area contributed by atoms with Crippen LogP contribution in [0.2, 0.25) is 0 Å². The van der Waals surface area contributed by atoms with Gasteiger partial charge in [-0.3, -0.25) is 4.79 Å². The lowest BCUT2D eigenvalue weighted by Gasteiger charge is -2.16. The fourth-order valence-corrected chi connectivity index (χ4v) is 1.90. The van der Waals surface area contributed by atoms with Crippen molar-refractivity contribution in [1.29, 1.82) is 0 Å². The van der Waals surface area contributed by atoms with E-state index in [1.165, 1.54) is 0 Å². The molecule has 106 valence electrons. The summed E-state index contributed by atoms with van der Waals surface area (Å²) in [7, 11) is 0. The van der Waals surface area contributed by atoms with Crippen LogP contribution >= 0.6 is 0 Å². The molecule has 1 aromatic heterocycles. The van der Waals surface area contributed by atoms with Crippen LogP contribution in [0.25, 0.3) is 5.69 Å². The van der Waals surface area contributed by atoms with E-state index in [1.54, 1.807) is 10.9 Å². The molecule has 2 rings (SSSR count). The van der Waals surface area contributed by atoms with E-state index in [4.69, 9.17) is 5.73 Å². The van der Waals surface area contributed by atoms with Crippen molar-refractivity contribution in [2.75, 3.05) is 0 Å². The van der Waals surface area contributed by atoms with Gasteiger partial charge in [0.05, 0.1) is 11.7 Å². The molecule has 0 bridgehead atoms. The van der Waals surface area contributed by atoms with Crippen molar-refractivity contribution in [2.24, 2.45) is 11.7 Å². The van der Waals surface area contributed by atoms with Gasteiger partial charge in [0.1, 0.15) is 0 Å². The Labute approximate surface area is 118 Å². The van der Waals surface area contributed by atoms with Crippen LogP contribution in [0, 0.1) is 5.92 Å². The van der Waals surface area contributed by atoms with Crippen LogP contribution in [0.3, 0.4) is 0 Å². The van der Waals surface area contributed by atoms with Gasteiger partial charge in [0.25, 0.3) is 0 Å². The standard InChI is InChI=1S/C15H20N4O/c1-11(2)14(16)15(20)17-10-12-6-3-4-7-13(12)19-9-5-8-18-19/h3-9,11,14H,10,16H2,1-2H3,(H,17,20)/t14-/m1/s1. The second-order valence-corrected chi connectivity index (χ2v) is 5.07. The molecule has 5 nitrogen and oxygen atoms in total. The summed E-state index contributed by atoms with van der Waals surface area (Å²) < 4.78 is 1.78. The summed E-state index contributed by atoms with van der Waals surface area (Å²) in [6, 6.07) is 9.21. The molecule has 1 amide bonds. The van der Waals surface area contributed by atoms with Crippen molar-refractivity contribution in [3.05, 3.63) is 48.3 Å². The normalized spacial score (nSPS) is 12.4. The second kappa shape index (κ2) is 6.34. The Balaban J connectivity index is 2.09. The van der Waals surface area contributed by atoms with Crippen LogP contribution in [0.15, 0.2) is 42.7 Å². The smallest absolute Gasteiger partial charge is 0.237 e. The Morgan fingerprint density at radius 3 is 2.75 bits per heavy atom. The second-order valence-electron chi connectivity index (χ2n) is 5.07. The number of para-hydroxylation sites is 1. The molecule has 20 heavy (non-hydrogen) atoms. The highest BCUT2D eigenvalue weighted by Crippen LogP contribution is 2.13. The van der Waals surface area contributed by atoms with E-state index < -0.39 is 6.04 Å². The number of aromatic nitrogens is 2. The van der Waals surface area contributed by atoms with Gasteiger partial charge < -0.3 is 11.1 Å². The number of hydrogen-bond donors (Lipinski definition) is 2. The van der Waals surface area contributed by atoms with Gasteiger partial charge >= 0.3 is 0 Å². The van der Waals surface area contributed by atoms with Gasteiger partial charge in [-0.1, -0.05) is 32.0 Å². The van der Waals surface area contributed by atoms with Crippen LogP contribution in [-0.4, -0.2) is 21.7 Å². The Morgan fingerprint density at radius 2 is 2.10 bits per heavy atom. The van der Waals surface area contributed by atoms with Crippen molar-refractivity contribution >= 4 is 5.91 Å². The summed E-state index contributed by atoms with van der Waals surface area (Å²) in [5, 5.41) is 7.09. The maximum absolute atomic E-state index is 11.9. The molecule has 0 unspecified atom stereocenters. The van der Waals surface area contributed by atoms with Gasteiger partial charge in [0.15, 0.2) is 0 Å². The van der Waals surface area contributed by atoms with E-state index in [9.17, 15) is 4.79 Å². The van der Waals surface area contributed by atoms with Crippen LogP contribution in [-0.2, 0) is 11.3 Å². The molecule has 0 aliphatic rings. The topological polar surface area (TPSA) is 72.9 Å². The average molecular weight is 272 g/mol. The zero-order chi connectivity index (χ0) is 14.5. The lowest BCUT2D eigenvalue weighted by atomic mass is 10.0. The number of hydrogen-bond acceptors (Lipinski definition) is 3. The summed E-state index contributed by atoms with van der Waals surface area (Å²) in [4.78, 5) is 11.9. The van der Waals surface area contributed by atoms with Gasteiger partial charge in [-0.05, 0) is 23.6 Å². The van der Waals surface area contributed by atoms with Crippen molar-refractivity contribution < 1.29 is 4.79 Å². The monoisotopic (exact) mass is 272 g/mol. The highest BCUT2D eigenvalue weighted by molar-refractivity contribution is 5.81. The molecule has 0 saturated carbocycles. The number of rotatable bonds is 5. The third kappa shape index (κ3) is 3.24. The lowest BCUT2D eigenvalue weighted by molar-refractivity contribution is -0.123. The zero-order valence-electron chi connectivity index (χ0n) is 11.8. The van der Waals surface area contributed by atoms with Gasteiger partial charge in [0, 0.05) is 18.9 Å². The van der Waals surface area contributed by atoms with Crippen LogP contribution in [0.1, 0.15) is 19.4 Å². The first-order valence-corrected chi connectivity index (χ1v) is 6.71. The fourth-order valence-electron chi connectivity index (χ4n) is 1.90. The summed E-state index contributed by atoms with van der Waals surface area (Å²) >= 11 is 0. The van der Waals surface area contributed by atoms with Crippen molar-refractivity contribution in [2.45, 2.75) is 26.4 Å². The molecule has 2 aromatic rings. The van der Waals surface area contributed by atoms with E-state index in [0.29, 0.717) is 6.54 Å². The Morgan fingerprint density at radius 1 is 1.35 bits per heavy atom. The molecule has 1 aromatic carbocycles. The molecule has 0 aliphatic carbocycles.